The summed E-state index contributed by atoms with van der Waals surface area (Å²) in [5.74, 6) is 0.672. The number of likely N-dealkylation sites (tertiary alicyclic amines) is 1. The van der Waals surface area contributed by atoms with Gasteiger partial charge in [-0.1, -0.05) is 36.4 Å². The largest absolute Gasteiger partial charge is 0.439 e. The Balaban J connectivity index is 1.05. The third kappa shape index (κ3) is 8.27. The van der Waals surface area contributed by atoms with Crippen LogP contribution in [0.4, 0.5) is 14.9 Å². The van der Waals surface area contributed by atoms with Gasteiger partial charge in [-0.15, -0.1) is 0 Å². The third-order valence-corrected chi connectivity index (χ3v) is 7.34. The Morgan fingerprint density at radius 2 is 1.69 bits per heavy atom. The zero-order valence-corrected chi connectivity index (χ0v) is 23.8. The lowest BCUT2D eigenvalue weighted by atomic mass is 10.0. The van der Waals surface area contributed by atoms with Crippen LogP contribution in [-0.4, -0.2) is 49.8 Å². The van der Waals surface area contributed by atoms with E-state index >= 15 is 0 Å². The van der Waals surface area contributed by atoms with E-state index in [1.54, 1.807) is 48.7 Å². The smallest absolute Gasteiger partial charge is 0.412 e. The SMILES string of the molecule is CS(=O)(=O)Nc1ccc(Oc2ccc(CN3CCC(NC(=O)Oc4ccc(-c5ccccc5)c(F)c4)CC3)cn2)cc1. The molecule has 3 aromatic carbocycles. The van der Waals surface area contributed by atoms with Gasteiger partial charge in [-0.3, -0.25) is 9.62 Å². The fourth-order valence-electron chi connectivity index (χ4n) is 4.70. The summed E-state index contributed by atoms with van der Waals surface area (Å²) in [5.41, 5.74) is 2.69. The lowest BCUT2D eigenvalue weighted by molar-refractivity contribution is 0.169. The van der Waals surface area contributed by atoms with Gasteiger partial charge in [0, 0.05) is 55.3 Å². The van der Waals surface area contributed by atoms with Crippen molar-refractivity contribution in [2.75, 3.05) is 24.1 Å². The third-order valence-electron chi connectivity index (χ3n) is 6.73. The van der Waals surface area contributed by atoms with Gasteiger partial charge in [-0.05, 0) is 60.4 Å². The summed E-state index contributed by atoms with van der Waals surface area (Å²) in [6, 6.07) is 23.9. The first-order valence-corrected chi connectivity index (χ1v) is 15.4. The molecule has 11 heteroatoms. The summed E-state index contributed by atoms with van der Waals surface area (Å²) in [6.45, 7) is 2.29. The minimum absolute atomic E-state index is 0.0323. The van der Waals surface area contributed by atoms with E-state index in [-0.39, 0.29) is 11.8 Å². The first-order chi connectivity index (χ1) is 20.2. The minimum Gasteiger partial charge on any atom is -0.439 e. The van der Waals surface area contributed by atoms with Crippen LogP contribution in [0.3, 0.4) is 0 Å². The van der Waals surface area contributed by atoms with Gasteiger partial charge in [0.25, 0.3) is 0 Å². The highest BCUT2D eigenvalue weighted by atomic mass is 32.2. The minimum atomic E-state index is -3.34. The number of ether oxygens (including phenoxy) is 2. The van der Waals surface area contributed by atoms with Crippen LogP contribution in [-0.2, 0) is 16.6 Å². The van der Waals surface area contributed by atoms with Crippen molar-refractivity contribution in [3.05, 3.63) is 103 Å². The van der Waals surface area contributed by atoms with Gasteiger partial charge in [-0.2, -0.15) is 0 Å². The molecule has 0 aliphatic carbocycles. The van der Waals surface area contributed by atoms with Crippen molar-refractivity contribution in [1.29, 1.82) is 0 Å². The normalized spacial score (nSPS) is 14.2. The number of nitrogens with one attached hydrogen (secondary N) is 2. The molecule has 1 aliphatic heterocycles. The Morgan fingerprint density at radius 3 is 2.33 bits per heavy atom. The van der Waals surface area contributed by atoms with Crippen LogP contribution in [0.25, 0.3) is 11.1 Å². The zero-order valence-electron chi connectivity index (χ0n) is 23.0. The summed E-state index contributed by atoms with van der Waals surface area (Å²) < 4.78 is 50.8. The number of carbonyl (C=O) groups excluding carboxylic acids is 1. The van der Waals surface area contributed by atoms with Crippen LogP contribution in [0.15, 0.2) is 91.1 Å². The van der Waals surface area contributed by atoms with E-state index in [1.165, 1.54) is 6.07 Å². The molecule has 0 radical (unpaired) electrons. The number of halogens is 1. The number of rotatable bonds is 9. The Labute approximate surface area is 244 Å². The van der Waals surface area contributed by atoms with E-state index in [4.69, 9.17) is 9.47 Å². The van der Waals surface area contributed by atoms with E-state index < -0.39 is 21.9 Å². The maximum Gasteiger partial charge on any atom is 0.412 e. The van der Waals surface area contributed by atoms with Crippen molar-refractivity contribution in [3.8, 4) is 28.5 Å². The Bertz CT molecular complexity index is 1610. The number of pyridine rings is 1. The van der Waals surface area contributed by atoms with Crippen molar-refractivity contribution in [2.24, 2.45) is 0 Å². The molecule has 0 unspecified atom stereocenters. The van der Waals surface area contributed by atoms with Gasteiger partial charge in [-0.25, -0.2) is 22.6 Å². The second-order valence-electron chi connectivity index (χ2n) is 10.1. The highest BCUT2D eigenvalue weighted by Gasteiger charge is 2.22. The van der Waals surface area contributed by atoms with Gasteiger partial charge < -0.3 is 14.8 Å². The summed E-state index contributed by atoms with van der Waals surface area (Å²) in [6.07, 6.45) is 3.78. The maximum atomic E-state index is 14.6. The fourth-order valence-corrected chi connectivity index (χ4v) is 5.26. The molecule has 2 N–H and O–H groups in total. The van der Waals surface area contributed by atoms with E-state index in [2.05, 4.69) is 19.9 Å². The highest BCUT2D eigenvalue weighted by molar-refractivity contribution is 7.92. The van der Waals surface area contributed by atoms with Gasteiger partial charge in [0.05, 0.1) is 6.26 Å². The number of hydrogen-bond donors (Lipinski definition) is 2. The summed E-state index contributed by atoms with van der Waals surface area (Å²) in [5, 5.41) is 2.89. The van der Waals surface area contributed by atoms with Crippen LogP contribution in [0.5, 0.6) is 17.4 Å². The number of sulfonamides is 1. The zero-order chi connectivity index (χ0) is 29.5. The molecule has 0 bridgehead atoms. The van der Waals surface area contributed by atoms with Crippen LogP contribution in [0.1, 0.15) is 18.4 Å². The molecule has 1 fully saturated rings. The molecule has 1 amide bonds. The van der Waals surface area contributed by atoms with E-state index in [0.29, 0.717) is 29.4 Å². The standard InChI is InChI=1S/C31H31FN4O5S/c1-42(38,39)35-25-8-10-26(11-9-25)40-30-14-7-22(20-33-30)21-36-17-15-24(16-18-36)34-31(37)41-27-12-13-28(29(32)19-27)23-5-3-2-4-6-23/h2-14,19-20,24,35H,15-18,21H2,1H3,(H,34,37). The quantitative estimate of drug-likeness (QED) is 0.253. The van der Waals surface area contributed by atoms with E-state index in [0.717, 1.165) is 43.3 Å². The van der Waals surface area contributed by atoms with E-state index in [9.17, 15) is 17.6 Å². The predicted molar refractivity (Wildman–Crippen MR) is 159 cm³/mol. The second kappa shape index (κ2) is 13.0. The number of piperidine rings is 1. The van der Waals surface area contributed by atoms with Gasteiger partial charge in [0.15, 0.2) is 0 Å². The summed E-state index contributed by atoms with van der Waals surface area (Å²) in [7, 11) is -3.34. The molecule has 5 rings (SSSR count). The number of carbonyl (C=O) groups is 1. The Morgan fingerprint density at radius 1 is 0.976 bits per heavy atom. The molecule has 9 nitrogen and oxygen atoms in total. The van der Waals surface area contributed by atoms with Crippen molar-refractivity contribution in [2.45, 2.75) is 25.4 Å². The molecule has 0 spiro atoms. The van der Waals surface area contributed by atoms with Crippen LogP contribution < -0.4 is 19.5 Å². The van der Waals surface area contributed by atoms with Gasteiger partial charge in [0.2, 0.25) is 15.9 Å². The number of hydrogen-bond acceptors (Lipinski definition) is 7. The summed E-state index contributed by atoms with van der Waals surface area (Å²) in [4.78, 5) is 19.1. The number of anilines is 1. The van der Waals surface area contributed by atoms with Crippen LogP contribution in [0, 0.1) is 5.82 Å². The number of benzene rings is 3. The number of amides is 1. The first-order valence-electron chi connectivity index (χ1n) is 13.5. The molecule has 4 aromatic rings. The Kier molecular flexibility index (Phi) is 8.99. The van der Waals surface area contributed by atoms with Crippen LogP contribution in [0.2, 0.25) is 0 Å². The van der Waals surface area contributed by atoms with Gasteiger partial charge >= 0.3 is 6.09 Å². The molecule has 1 aromatic heterocycles. The molecule has 0 saturated carbocycles. The summed E-state index contributed by atoms with van der Waals surface area (Å²) >= 11 is 0. The second-order valence-corrected chi connectivity index (χ2v) is 11.8. The molecular formula is C31H31FN4O5S. The predicted octanol–water partition coefficient (Wildman–Crippen LogP) is 5.80. The average molecular weight is 591 g/mol. The first kappa shape index (κ1) is 29.0. The van der Waals surface area contributed by atoms with Crippen molar-refractivity contribution < 1.29 is 27.1 Å². The lowest BCUT2D eigenvalue weighted by Gasteiger charge is -2.32. The molecule has 218 valence electrons. The number of aromatic nitrogens is 1. The lowest BCUT2D eigenvalue weighted by Crippen LogP contribution is -2.45. The number of nitrogens with zero attached hydrogens (tertiary/aromatic N) is 2. The fraction of sp³-hybridized carbons (Fsp3) is 0.226. The average Bonchev–Trinajstić information content (AvgIpc) is 2.96. The molecule has 0 atom stereocenters. The highest BCUT2D eigenvalue weighted by Crippen LogP contribution is 2.26. The topological polar surface area (TPSA) is 110 Å². The molecule has 1 aliphatic rings. The molecular weight excluding hydrogens is 559 g/mol. The molecule has 42 heavy (non-hydrogen) atoms. The van der Waals surface area contributed by atoms with E-state index in [1.807, 2.05) is 36.4 Å². The van der Waals surface area contributed by atoms with Crippen LogP contribution >= 0.6 is 0 Å². The monoisotopic (exact) mass is 590 g/mol. The molecule has 2 heterocycles. The van der Waals surface area contributed by atoms with Crippen molar-refractivity contribution in [3.63, 3.8) is 0 Å². The van der Waals surface area contributed by atoms with Gasteiger partial charge in [0.1, 0.15) is 17.3 Å². The van der Waals surface area contributed by atoms with Crippen molar-refractivity contribution in [1.82, 2.24) is 15.2 Å². The van der Waals surface area contributed by atoms with Crippen molar-refractivity contribution >= 4 is 21.8 Å². The Hall–Kier alpha value is -4.48. The maximum absolute atomic E-state index is 14.6. The molecule has 1 saturated heterocycles.